The zero-order chi connectivity index (χ0) is 27.4. The maximum absolute atomic E-state index is 15.0. The average Bonchev–Trinajstić information content (AvgIpc) is 3.68. The Morgan fingerprint density at radius 1 is 1.00 bits per heavy atom. The molecule has 6 rings (SSSR count). The van der Waals surface area contributed by atoms with E-state index in [0.29, 0.717) is 24.3 Å². The van der Waals surface area contributed by atoms with Gasteiger partial charge < -0.3 is 9.80 Å². The van der Waals surface area contributed by atoms with E-state index < -0.39 is 0 Å². The molecule has 4 aromatic rings. The molecule has 0 N–H and O–H groups in total. The summed E-state index contributed by atoms with van der Waals surface area (Å²) in [7, 11) is 1.84. The third-order valence-electron chi connectivity index (χ3n) is 8.14. The van der Waals surface area contributed by atoms with Gasteiger partial charge in [0.25, 0.3) is 0 Å². The minimum atomic E-state index is -0.129. The predicted molar refractivity (Wildman–Crippen MR) is 152 cm³/mol. The zero-order valence-corrected chi connectivity index (χ0v) is 23.2. The number of anilines is 2. The molecule has 0 fully saturated rings. The van der Waals surface area contributed by atoms with Gasteiger partial charge in [0.2, 0.25) is 0 Å². The number of halogens is 1. The molecule has 8 heteroatoms. The van der Waals surface area contributed by atoms with Crippen LogP contribution in [0.25, 0.3) is 22.3 Å². The van der Waals surface area contributed by atoms with Gasteiger partial charge >= 0.3 is 0 Å². The fraction of sp³-hybridized carbons (Fsp3) is 0.387. The summed E-state index contributed by atoms with van der Waals surface area (Å²) in [6.45, 7) is 11.2. The molecule has 2 aromatic carbocycles. The maximum Gasteiger partial charge on any atom is 0.170 e. The lowest BCUT2D eigenvalue weighted by molar-refractivity contribution is 0.519. The Balaban J connectivity index is 1.31. The number of aromatic nitrogens is 4. The summed E-state index contributed by atoms with van der Waals surface area (Å²) in [6, 6.07) is 13.1. The molecule has 2 aliphatic rings. The Hall–Kier alpha value is -4.12. The number of hydrogen-bond donors (Lipinski definition) is 0. The monoisotopic (exact) mass is 523 g/mol. The van der Waals surface area contributed by atoms with Crippen LogP contribution < -0.4 is 9.80 Å². The van der Waals surface area contributed by atoms with Gasteiger partial charge in [0.15, 0.2) is 5.69 Å². The largest absolute Gasteiger partial charge is 0.368 e. The van der Waals surface area contributed by atoms with Crippen LogP contribution >= 0.6 is 0 Å². The Morgan fingerprint density at radius 2 is 1.79 bits per heavy atom. The molecular formula is C31H34FN7. The quantitative estimate of drug-likeness (QED) is 0.322. The molecule has 0 saturated carbocycles. The number of hydrogen-bond acceptors (Lipinski definition) is 5. The van der Waals surface area contributed by atoms with Crippen LogP contribution in [0.15, 0.2) is 48.9 Å². The first-order valence-electron chi connectivity index (χ1n) is 13.7. The lowest BCUT2D eigenvalue weighted by Crippen LogP contribution is -2.30. The molecule has 0 radical (unpaired) electrons. The van der Waals surface area contributed by atoms with Crippen LogP contribution in [0.5, 0.6) is 0 Å². The van der Waals surface area contributed by atoms with E-state index in [-0.39, 0.29) is 11.7 Å². The third kappa shape index (κ3) is 4.36. The zero-order valence-electron chi connectivity index (χ0n) is 23.2. The van der Waals surface area contributed by atoms with Crippen molar-refractivity contribution < 1.29 is 4.39 Å². The summed E-state index contributed by atoms with van der Waals surface area (Å²) in [5.74, 6) is 0.0980. The van der Waals surface area contributed by atoms with E-state index >= 15 is 4.39 Å². The second-order valence-electron chi connectivity index (χ2n) is 11.3. The van der Waals surface area contributed by atoms with Gasteiger partial charge in [-0.05, 0) is 75.1 Å². The van der Waals surface area contributed by atoms with Crippen LogP contribution in [0.1, 0.15) is 50.4 Å². The molecule has 1 atom stereocenters. The van der Waals surface area contributed by atoms with E-state index in [1.165, 1.54) is 11.3 Å². The van der Waals surface area contributed by atoms with Crippen molar-refractivity contribution in [2.75, 3.05) is 22.9 Å². The summed E-state index contributed by atoms with van der Waals surface area (Å²) in [5.41, 5.74) is 8.37. The van der Waals surface area contributed by atoms with Crippen LogP contribution in [-0.4, -0.2) is 44.7 Å². The summed E-state index contributed by atoms with van der Waals surface area (Å²) >= 11 is 0. The summed E-state index contributed by atoms with van der Waals surface area (Å²) in [6.07, 6.45) is 6.53. The van der Waals surface area contributed by atoms with Gasteiger partial charge in [-0.1, -0.05) is 6.07 Å². The molecule has 0 bridgehead atoms. The number of nitriles is 1. The summed E-state index contributed by atoms with van der Waals surface area (Å²) < 4.78 is 18.7. The molecule has 1 unspecified atom stereocenters. The van der Waals surface area contributed by atoms with Gasteiger partial charge in [-0.2, -0.15) is 15.5 Å². The standard InChI is InChI=1S/C31H34FN7/c1-19(2)38-9-8-25-28(32)11-22(12-31(25)38)23-14-34-37(15-23)16-24-17-39(20(3)4)30-7-6-21(10-26(24)30)27-18-36(5)35-29(27)13-33/h6-7,10-12,14-15,18-20,24H,8-9,16-17H2,1-5H3. The van der Waals surface area contributed by atoms with Crippen molar-refractivity contribution in [3.63, 3.8) is 0 Å². The summed E-state index contributed by atoms with van der Waals surface area (Å²) in [4.78, 5) is 4.71. The Morgan fingerprint density at radius 3 is 2.54 bits per heavy atom. The van der Waals surface area contributed by atoms with Crippen LogP contribution in [0.4, 0.5) is 15.8 Å². The van der Waals surface area contributed by atoms with Gasteiger partial charge in [-0.25, -0.2) is 4.39 Å². The van der Waals surface area contributed by atoms with Crippen LogP contribution in [-0.2, 0) is 20.0 Å². The van der Waals surface area contributed by atoms with E-state index in [2.05, 4.69) is 72.9 Å². The molecule has 7 nitrogen and oxygen atoms in total. The molecular weight excluding hydrogens is 489 g/mol. The number of rotatable bonds is 6. The summed E-state index contributed by atoms with van der Waals surface area (Å²) in [5, 5.41) is 18.6. The van der Waals surface area contributed by atoms with Gasteiger partial charge in [0.05, 0.1) is 6.20 Å². The topological polar surface area (TPSA) is 65.9 Å². The maximum atomic E-state index is 15.0. The normalized spacial score (nSPS) is 16.3. The molecule has 0 saturated heterocycles. The molecule has 2 aliphatic heterocycles. The lowest BCUT2D eigenvalue weighted by atomic mass is 9.96. The number of benzene rings is 2. The van der Waals surface area contributed by atoms with Crippen molar-refractivity contribution in [2.45, 2.75) is 58.7 Å². The van der Waals surface area contributed by atoms with Crippen LogP contribution in [0.3, 0.4) is 0 Å². The van der Waals surface area contributed by atoms with Crippen molar-refractivity contribution in [1.29, 1.82) is 5.26 Å². The minimum Gasteiger partial charge on any atom is -0.368 e. The first-order valence-corrected chi connectivity index (χ1v) is 13.7. The van der Waals surface area contributed by atoms with Crippen molar-refractivity contribution in [1.82, 2.24) is 19.6 Å². The van der Waals surface area contributed by atoms with E-state index in [0.717, 1.165) is 53.0 Å². The lowest BCUT2D eigenvalue weighted by Gasteiger charge is -2.24. The second-order valence-corrected chi connectivity index (χ2v) is 11.3. The molecule has 0 spiro atoms. The highest BCUT2D eigenvalue weighted by Gasteiger charge is 2.31. The Bertz CT molecular complexity index is 1590. The van der Waals surface area contributed by atoms with Crippen molar-refractivity contribution in [3.05, 3.63) is 71.6 Å². The fourth-order valence-corrected chi connectivity index (χ4v) is 6.19. The van der Waals surface area contributed by atoms with E-state index in [9.17, 15) is 5.26 Å². The number of aryl methyl sites for hydroxylation is 1. The highest BCUT2D eigenvalue weighted by molar-refractivity contribution is 5.75. The van der Waals surface area contributed by atoms with Gasteiger partial charge in [-0.3, -0.25) is 9.36 Å². The van der Waals surface area contributed by atoms with E-state index in [1.54, 1.807) is 10.7 Å². The Labute approximate surface area is 229 Å². The van der Waals surface area contributed by atoms with E-state index in [1.807, 2.05) is 30.3 Å². The van der Waals surface area contributed by atoms with Crippen molar-refractivity contribution >= 4 is 11.4 Å². The first-order chi connectivity index (χ1) is 18.7. The third-order valence-corrected chi connectivity index (χ3v) is 8.14. The first kappa shape index (κ1) is 25.2. The minimum absolute atomic E-state index is 0.129. The molecule has 39 heavy (non-hydrogen) atoms. The van der Waals surface area contributed by atoms with Crippen LogP contribution in [0, 0.1) is 17.1 Å². The fourth-order valence-electron chi connectivity index (χ4n) is 6.19. The smallest absolute Gasteiger partial charge is 0.170 e. The molecule has 200 valence electrons. The molecule has 0 amide bonds. The highest BCUT2D eigenvalue weighted by Crippen LogP contribution is 2.41. The van der Waals surface area contributed by atoms with Crippen molar-refractivity contribution in [3.8, 4) is 28.3 Å². The average molecular weight is 524 g/mol. The predicted octanol–water partition coefficient (Wildman–Crippen LogP) is 5.74. The molecule has 2 aromatic heterocycles. The number of fused-ring (bicyclic) bond motifs is 2. The SMILES string of the molecule is CC(C)N1CC(Cn2cc(-c3cc(F)c4c(c3)N(C(C)C)CC4)cn2)c2cc(-c3cn(C)nc3C#N)ccc21. The molecule has 4 heterocycles. The Kier molecular flexibility index (Phi) is 6.17. The second kappa shape index (κ2) is 9.57. The van der Waals surface area contributed by atoms with E-state index in [4.69, 9.17) is 5.10 Å². The van der Waals surface area contributed by atoms with Gasteiger partial charge in [0, 0.05) is 85.1 Å². The number of nitrogens with zero attached hydrogens (tertiary/aromatic N) is 7. The van der Waals surface area contributed by atoms with Gasteiger partial charge in [0.1, 0.15) is 11.9 Å². The van der Waals surface area contributed by atoms with Gasteiger partial charge in [-0.15, -0.1) is 0 Å². The van der Waals surface area contributed by atoms with Crippen LogP contribution in [0.2, 0.25) is 0 Å². The van der Waals surface area contributed by atoms with Crippen molar-refractivity contribution in [2.24, 2.45) is 7.05 Å². The molecule has 0 aliphatic carbocycles. The highest BCUT2D eigenvalue weighted by atomic mass is 19.1.